The molecule has 0 aliphatic carbocycles. The van der Waals surface area contributed by atoms with E-state index in [1.807, 2.05) is 0 Å². The molecule has 0 atom stereocenters. The number of halogens is 1. The summed E-state index contributed by atoms with van der Waals surface area (Å²) in [6.45, 7) is 4.84. The van der Waals surface area contributed by atoms with Crippen LogP contribution in [0.1, 0.15) is 18.4 Å². The van der Waals surface area contributed by atoms with Gasteiger partial charge in [-0.3, -0.25) is 0 Å². The first-order valence-corrected chi connectivity index (χ1v) is 7.96. The Labute approximate surface area is 132 Å². The van der Waals surface area contributed by atoms with Crippen LogP contribution < -0.4 is 4.74 Å². The van der Waals surface area contributed by atoms with Crippen molar-refractivity contribution >= 4 is 0 Å². The number of hydrogen-bond acceptors (Lipinski definition) is 4. The molecule has 1 aliphatic heterocycles. The smallest absolute Gasteiger partial charge is 0.123 e. The Balaban J connectivity index is 1.83. The normalized spacial score (nSPS) is 17.1. The molecule has 1 N–H and O–H groups in total. The molecule has 1 heterocycles. The molecule has 1 aliphatic rings. The molecule has 0 radical (unpaired) electrons. The number of hydrogen-bond donors (Lipinski definition) is 1. The zero-order valence-corrected chi connectivity index (χ0v) is 13.6. The molecule has 1 aromatic carbocycles. The summed E-state index contributed by atoms with van der Waals surface area (Å²) >= 11 is 0. The molecule has 5 heteroatoms. The van der Waals surface area contributed by atoms with Gasteiger partial charge in [0.15, 0.2) is 0 Å². The van der Waals surface area contributed by atoms with Crippen molar-refractivity contribution in [1.82, 2.24) is 9.80 Å². The predicted octanol–water partition coefficient (Wildman–Crippen LogP) is 1.97. The van der Waals surface area contributed by atoms with Crippen molar-refractivity contribution in [2.45, 2.75) is 19.4 Å². The number of methoxy groups -OCH3 is 1. The van der Waals surface area contributed by atoms with Crippen molar-refractivity contribution in [3.05, 3.63) is 29.6 Å². The van der Waals surface area contributed by atoms with E-state index in [0.717, 1.165) is 50.3 Å². The summed E-state index contributed by atoms with van der Waals surface area (Å²) in [5.41, 5.74) is 0.891. The fourth-order valence-corrected chi connectivity index (χ4v) is 3.20. The van der Waals surface area contributed by atoms with Gasteiger partial charge < -0.3 is 19.6 Å². The first kappa shape index (κ1) is 17.2. The van der Waals surface area contributed by atoms with Gasteiger partial charge in [0.25, 0.3) is 0 Å². The lowest BCUT2D eigenvalue weighted by Gasteiger charge is -2.33. The molecule has 1 fully saturated rings. The highest BCUT2D eigenvalue weighted by Gasteiger charge is 2.20. The minimum absolute atomic E-state index is 0.221. The zero-order valence-electron chi connectivity index (χ0n) is 13.6. The van der Waals surface area contributed by atoms with Gasteiger partial charge in [0, 0.05) is 25.2 Å². The number of ether oxygens (including phenoxy) is 1. The summed E-state index contributed by atoms with van der Waals surface area (Å²) < 4.78 is 18.7. The van der Waals surface area contributed by atoms with Crippen molar-refractivity contribution < 1.29 is 14.2 Å². The highest BCUT2D eigenvalue weighted by Crippen LogP contribution is 2.23. The minimum Gasteiger partial charge on any atom is -0.496 e. The topological polar surface area (TPSA) is 35.9 Å². The van der Waals surface area contributed by atoms with Gasteiger partial charge in [-0.2, -0.15) is 0 Å². The summed E-state index contributed by atoms with van der Waals surface area (Å²) in [7, 11) is 3.69. The molecule has 2 rings (SSSR count). The number of rotatable bonds is 7. The van der Waals surface area contributed by atoms with Crippen LogP contribution in [0.2, 0.25) is 0 Å². The van der Waals surface area contributed by atoms with Gasteiger partial charge in [-0.05, 0) is 57.1 Å². The molecule has 0 saturated carbocycles. The second-order valence-corrected chi connectivity index (χ2v) is 6.16. The van der Waals surface area contributed by atoms with Gasteiger partial charge in [-0.1, -0.05) is 0 Å². The Kier molecular flexibility index (Phi) is 6.61. The predicted molar refractivity (Wildman–Crippen MR) is 85.5 cm³/mol. The summed E-state index contributed by atoms with van der Waals surface area (Å²) in [6.07, 6.45) is 2.31. The maximum Gasteiger partial charge on any atom is 0.123 e. The molecule has 4 nitrogen and oxygen atoms in total. The van der Waals surface area contributed by atoms with Crippen LogP contribution in [0.5, 0.6) is 5.75 Å². The van der Waals surface area contributed by atoms with E-state index >= 15 is 0 Å². The third-order valence-electron chi connectivity index (χ3n) is 4.38. The fourth-order valence-electron chi connectivity index (χ4n) is 3.20. The van der Waals surface area contributed by atoms with Crippen LogP contribution in [0.3, 0.4) is 0 Å². The number of aliphatic hydroxyl groups is 1. The molecule has 124 valence electrons. The van der Waals surface area contributed by atoms with Crippen molar-refractivity contribution in [1.29, 1.82) is 0 Å². The third kappa shape index (κ3) is 4.93. The number of benzene rings is 1. The van der Waals surface area contributed by atoms with E-state index in [2.05, 4.69) is 16.8 Å². The molecule has 0 unspecified atom stereocenters. The van der Waals surface area contributed by atoms with Crippen LogP contribution in [-0.4, -0.2) is 61.8 Å². The zero-order chi connectivity index (χ0) is 15.9. The molecule has 0 spiro atoms. The molecule has 0 aromatic heterocycles. The Bertz CT molecular complexity index is 462. The number of β-amino-alcohol motifs (C(OH)–C–C–N with tert-alkyl or cyclic N) is 1. The van der Waals surface area contributed by atoms with Gasteiger partial charge in [0.05, 0.1) is 13.7 Å². The van der Waals surface area contributed by atoms with Crippen molar-refractivity contribution in [2.24, 2.45) is 5.92 Å². The van der Waals surface area contributed by atoms with E-state index in [1.54, 1.807) is 19.2 Å². The van der Waals surface area contributed by atoms with Crippen molar-refractivity contribution in [2.75, 3.05) is 46.9 Å². The lowest BCUT2D eigenvalue weighted by molar-refractivity contribution is 0.129. The van der Waals surface area contributed by atoms with E-state index in [0.29, 0.717) is 12.5 Å². The Hall–Kier alpha value is -1.17. The fraction of sp³-hybridized carbons (Fsp3) is 0.647. The Morgan fingerprint density at radius 3 is 2.73 bits per heavy atom. The molecule has 1 aromatic rings. The summed E-state index contributed by atoms with van der Waals surface area (Å²) in [6, 6.07) is 4.67. The number of likely N-dealkylation sites (tertiary alicyclic amines) is 1. The average molecular weight is 310 g/mol. The van der Waals surface area contributed by atoms with Gasteiger partial charge >= 0.3 is 0 Å². The van der Waals surface area contributed by atoms with Crippen molar-refractivity contribution in [3.8, 4) is 5.75 Å². The number of piperidine rings is 1. The standard InChI is InChI=1S/C17H27FN2O2/c1-19(12-14-5-7-20(8-6-14)9-10-21)13-15-11-16(18)3-4-17(15)22-2/h3-4,11,14,21H,5-10,12-13H2,1-2H3. The largest absolute Gasteiger partial charge is 0.496 e. The van der Waals surface area contributed by atoms with Crippen LogP contribution in [0, 0.1) is 11.7 Å². The highest BCUT2D eigenvalue weighted by molar-refractivity contribution is 5.33. The Morgan fingerprint density at radius 1 is 1.36 bits per heavy atom. The van der Waals surface area contributed by atoms with E-state index < -0.39 is 0 Å². The monoisotopic (exact) mass is 310 g/mol. The minimum atomic E-state index is -0.221. The molecule has 0 bridgehead atoms. The van der Waals surface area contributed by atoms with Crippen LogP contribution in [-0.2, 0) is 6.54 Å². The van der Waals surface area contributed by atoms with Gasteiger partial charge in [0.1, 0.15) is 11.6 Å². The van der Waals surface area contributed by atoms with Crippen LogP contribution in [0.15, 0.2) is 18.2 Å². The SMILES string of the molecule is COc1ccc(F)cc1CN(C)CC1CCN(CCO)CC1. The molecular formula is C17H27FN2O2. The third-order valence-corrected chi connectivity index (χ3v) is 4.38. The van der Waals surface area contributed by atoms with E-state index in [9.17, 15) is 4.39 Å². The second kappa shape index (κ2) is 8.46. The van der Waals surface area contributed by atoms with Crippen LogP contribution in [0.25, 0.3) is 0 Å². The Morgan fingerprint density at radius 2 is 2.09 bits per heavy atom. The summed E-state index contributed by atoms with van der Waals surface area (Å²) in [5.74, 6) is 1.19. The van der Waals surface area contributed by atoms with E-state index in [4.69, 9.17) is 9.84 Å². The lowest BCUT2D eigenvalue weighted by Crippen LogP contribution is -2.38. The summed E-state index contributed by atoms with van der Waals surface area (Å²) in [4.78, 5) is 4.55. The molecule has 22 heavy (non-hydrogen) atoms. The van der Waals surface area contributed by atoms with Gasteiger partial charge in [-0.25, -0.2) is 4.39 Å². The van der Waals surface area contributed by atoms with Gasteiger partial charge in [-0.15, -0.1) is 0 Å². The van der Waals surface area contributed by atoms with Gasteiger partial charge in [0.2, 0.25) is 0 Å². The van der Waals surface area contributed by atoms with E-state index in [1.165, 1.54) is 6.07 Å². The lowest BCUT2D eigenvalue weighted by atomic mass is 9.96. The summed E-state index contributed by atoms with van der Waals surface area (Å²) in [5, 5.41) is 8.97. The second-order valence-electron chi connectivity index (χ2n) is 6.16. The first-order valence-electron chi connectivity index (χ1n) is 7.96. The molecular weight excluding hydrogens is 283 g/mol. The maximum absolute atomic E-state index is 13.4. The average Bonchev–Trinajstić information content (AvgIpc) is 2.50. The maximum atomic E-state index is 13.4. The first-order chi connectivity index (χ1) is 10.6. The quantitative estimate of drug-likeness (QED) is 0.835. The van der Waals surface area contributed by atoms with E-state index in [-0.39, 0.29) is 12.4 Å². The number of nitrogens with zero attached hydrogens (tertiary/aromatic N) is 2. The van der Waals surface area contributed by atoms with Crippen LogP contribution >= 0.6 is 0 Å². The molecule has 0 amide bonds. The number of aliphatic hydroxyl groups excluding tert-OH is 1. The molecule has 1 saturated heterocycles. The van der Waals surface area contributed by atoms with Crippen LogP contribution in [0.4, 0.5) is 4.39 Å². The van der Waals surface area contributed by atoms with Crippen molar-refractivity contribution in [3.63, 3.8) is 0 Å². The highest BCUT2D eigenvalue weighted by atomic mass is 19.1.